The van der Waals surface area contributed by atoms with Gasteiger partial charge in [0.25, 0.3) is 0 Å². The molecule has 1 aromatic rings. The van der Waals surface area contributed by atoms with Gasteiger partial charge >= 0.3 is 0 Å². The number of benzene rings is 1. The average molecular weight is 307 g/mol. The predicted molar refractivity (Wildman–Crippen MR) is 73.1 cm³/mol. The van der Waals surface area contributed by atoms with Crippen LogP contribution in [0.25, 0.3) is 0 Å². The Morgan fingerprint density at radius 1 is 1.35 bits per heavy atom. The predicted octanol–water partition coefficient (Wildman–Crippen LogP) is 1.72. The van der Waals surface area contributed by atoms with Crippen LogP contribution in [0.15, 0.2) is 12.1 Å². The third kappa shape index (κ3) is 4.28. The Kier molecular flexibility index (Phi) is 5.54. The summed E-state index contributed by atoms with van der Waals surface area (Å²) in [6.45, 7) is 3.44. The van der Waals surface area contributed by atoms with Crippen LogP contribution in [0.2, 0.25) is 5.02 Å². The van der Waals surface area contributed by atoms with Crippen LogP contribution in [0.5, 0.6) is 0 Å². The van der Waals surface area contributed by atoms with E-state index in [2.05, 4.69) is 10.2 Å². The minimum Gasteiger partial charge on any atom is -0.390 e. The second-order valence-electron chi connectivity index (χ2n) is 4.69. The van der Waals surface area contributed by atoms with Crippen LogP contribution >= 0.6 is 11.6 Å². The summed E-state index contributed by atoms with van der Waals surface area (Å²) in [5.74, 6) is -1.50. The number of aliphatic hydroxyl groups is 1. The minimum atomic E-state index is -0.770. The molecule has 0 aromatic heterocycles. The van der Waals surface area contributed by atoms with Crippen molar-refractivity contribution in [1.82, 2.24) is 4.90 Å². The van der Waals surface area contributed by atoms with Gasteiger partial charge in [-0.2, -0.15) is 0 Å². The van der Waals surface area contributed by atoms with E-state index in [0.717, 1.165) is 25.2 Å². The van der Waals surface area contributed by atoms with E-state index in [1.165, 1.54) is 0 Å². The SMILES string of the molecule is OC(CNc1c(F)cc(F)cc1Cl)CN1CCOCC1. The third-order valence-corrected chi connectivity index (χ3v) is 3.39. The van der Waals surface area contributed by atoms with E-state index in [1.807, 2.05) is 0 Å². The van der Waals surface area contributed by atoms with Gasteiger partial charge in [0.15, 0.2) is 5.82 Å². The standard InChI is InChI=1S/C13H17ClF2N2O2/c14-11-5-9(15)6-12(16)13(11)17-7-10(19)8-18-1-3-20-4-2-18/h5-6,10,17,19H,1-4,7-8H2. The number of hydrogen-bond donors (Lipinski definition) is 2. The fourth-order valence-corrected chi connectivity index (χ4v) is 2.34. The number of morpholine rings is 1. The van der Waals surface area contributed by atoms with Gasteiger partial charge < -0.3 is 15.2 Å². The van der Waals surface area contributed by atoms with Crippen LogP contribution < -0.4 is 5.32 Å². The highest BCUT2D eigenvalue weighted by Crippen LogP contribution is 2.26. The van der Waals surface area contributed by atoms with Crippen LogP contribution in [-0.2, 0) is 4.74 Å². The van der Waals surface area contributed by atoms with Gasteiger partial charge in [-0.05, 0) is 6.07 Å². The maximum atomic E-state index is 13.5. The van der Waals surface area contributed by atoms with Crippen LogP contribution in [0, 0.1) is 11.6 Å². The Morgan fingerprint density at radius 3 is 2.70 bits per heavy atom. The van der Waals surface area contributed by atoms with Crippen molar-refractivity contribution < 1.29 is 18.6 Å². The fourth-order valence-electron chi connectivity index (χ4n) is 2.08. The lowest BCUT2D eigenvalue weighted by Crippen LogP contribution is -2.42. The molecule has 0 radical (unpaired) electrons. The lowest BCUT2D eigenvalue weighted by atomic mass is 10.2. The Hall–Kier alpha value is -0.950. The maximum Gasteiger partial charge on any atom is 0.150 e. The fraction of sp³-hybridized carbons (Fsp3) is 0.538. The van der Waals surface area contributed by atoms with Crippen molar-refractivity contribution >= 4 is 17.3 Å². The molecule has 0 amide bonds. The molecule has 4 nitrogen and oxygen atoms in total. The van der Waals surface area contributed by atoms with Crippen molar-refractivity contribution in [3.8, 4) is 0 Å². The molecular weight excluding hydrogens is 290 g/mol. The highest BCUT2D eigenvalue weighted by molar-refractivity contribution is 6.33. The van der Waals surface area contributed by atoms with E-state index in [9.17, 15) is 13.9 Å². The van der Waals surface area contributed by atoms with Gasteiger partial charge in [0.05, 0.1) is 30.0 Å². The van der Waals surface area contributed by atoms with E-state index in [-0.39, 0.29) is 17.3 Å². The average Bonchev–Trinajstić information content (AvgIpc) is 2.38. The van der Waals surface area contributed by atoms with Crippen molar-refractivity contribution in [2.24, 2.45) is 0 Å². The quantitative estimate of drug-likeness (QED) is 0.869. The highest BCUT2D eigenvalue weighted by atomic mass is 35.5. The zero-order valence-electron chi connectivity index (χ0n) is 10.9. The second kappa shape index (κ2) is 7.17. The molecule has 1 saturated heterocycles. The molecule has 1 aliphatic rings. The molecular formula is C13H17ClF2N2O2. The molecule has 1 unspecified atom stereocenters. The van der Waals surface area contributed by atoms with E-state index in [4.69, 9.17) is 16.3 Å². The second-order valence-corrected chi connectivity index (χ2v) is 5.10. The molecule has 7 heteroatoms. The Bertz CT molecular complexity index is 433. The summed E-state index contributed by atoms with van der Waals surface area (Å²) in [6.07, 6.45) is -0.673. The molecule has 2 N–H and O–H groups in total. The number of nitrogens with zero attached hydrogens (tertiary/aromatic N) is 1. The van der Waals surface area contributed by atoms with Gasteiger partial charge in [-0.15, -0.1) is 0 Å². The van der Waals surface area contributed by atoms with Gasteiger partial charge in [-0.3, -0.25) is 4.90 Å². The molecule has 20 heavy (non-hydrogen) atoms. The first-order valence-corrected chi connectivity index (χ1v) is 6.80. The number of halogens is 3. The van der Waals surface area contributed by atoms with Crippen LogP contribution in [0.1, 0.15) is 0 Å². The van der Waals surface area contributed by atoms with Crippen molar-refractivity contribution in [3.05, 3.63) is 28.8 Å². The van der Waals surface area contributed by atoms with E-state index < -0.39 is 17.7 Å². The Labute approximate surface area is 121 Å². The lowest BCUT2D eigenvalue weighted by molar-refractivity contribution is 0.0171. The number of anilines is 1. The number of hydrogen-bond acceptors (Lipinski definition) is 4. The zero-order valence-corrected chi connectivity index (χ0v) is 11.7. The molecule has 0 spiro atoms. The maximum absolute atomic E-state index is 13.5. The van der Waals surface area contributed by atoms with Gasteiger partial charge in [0.1, 0.15) is 5.82 Å². The topological polar surface area (TPSA) is 44.7 Å². The smallest absolute Gasteiger partial charge is 0.150 e. The third-order valence-electron chi connectivity index (χ3n) is 3.09. The van der Waals surface area contributed by atoms with Gasteiger partial charge in [-0.25, -0.2) is 8.78 Å². The monoisotopic (exact) mass is 306 g/mol. The van der Waals surface area contributed by atoms with Gasteiger partial charge in [0.2, 0.25) is 0 Å². The molecule has 1 atom stereocenters. The van der Waals surface area contributed by atoms with Crippen LogP contribution in [0.3, 0.4) is 0 Å². The summed E-state index contributed by atoms with van der Waals surface area (Å²) in [6, 6.07) is 1.78. The number of β-amino-alcohol motifs (C(OH)–C–C–N with tert-alkyl or cyclic N) is 1. The summed E-state index contributed by atoms with van der Waals surface area (Å²) < 4.78 is 31.6. The van der Waals surface area contributed by atoms with Crippen LogP contribution in [0.4, 0.5) is 14.5 Å². The number of aliphatic hydroxyl groups excluding tert-OH is 1. The summed E-state index contributed by atoms with van der Waals surface area (Å²) in [5, 5.41) is 12.6. The summed E-state index contributed by atoms with van der Waals surface area (Å²) in [4.78, 5) is 2.07. The first-order valence-electron chi connectivity index (χ1n) is 6.43. The van der Waals surface area contributed by atoms with Crippen molar-refractivity contribution in [2.75, 3.05) is 44.7 Å². The van der Waals surface area contributed by atoms with E-state index in [1.54, 1.807) is 0 Å². The zero-order chi connectivity index (χ0) is 14.5. The molecule has 1 aromatic carbocycles. The summed E-state index contributed by atoms with van der Waals surface area (Å²) in [5.41, 5.74) is 0.00842. The summed E-state index contributed by atoms with van der Waals surface area (Å²) in [7, 11) is 0. The molecule has 1 heterocycles. The Morgan fingerprint density at radius 2 is 2.05 bits per heavy atom. The molecule has 0 aliphatic carbocycles. The molecule has 1 aliphatic heterocycles. The molecule has 0 bridgehead atoms. The minimum absolute atomic E-state index is 0.00842. The Balaban J connectivity index is 1.85. The first-order chi connectivity index (χ1) is 9.56. The summed E-state index contributed by atoms with van der Waals surface area (Å²) >= 11 is 5.76. The van der Waals surface area contributed by atoms with Crippen molar-refractivity contribution in [1.29, 1.82) is 0 Å². The number of nitrogens with one attached hydrogen (secondary N) is 1. The first kappa shape index (κ1) is 15.4. The van der Waals surface area contributed by atoms with Crippen molar-refractivity contribution in [3.63, 3.8) is 0 Å². The number of rotatable bonds is 5. The van der Waals surface area contributed by atoms with Gasteiger partial charge in [-0.1, -0.05) is 11.6 Å². The molecule has 1 fully saturated rings. The molecule has 0 saturated carbocycles. The number of ether oxygens (including phenoxy) is 1. The van der Waals surface area contributed by atoms with Gasteiger partial charge in [0, 0.05) is 32.2 Å². The normalized spacial score (nSPS) is 18.0. The highest BCUT2D eigenvalue weighted by Gasteiger charge is 2.16. The van der Waals surface area contributed by atoms with E-state index >= 15 is 0 Å². The van der Waals surface area contributed by atoms with E-state index in [0.29, 0.717) is 19.8 Å². The lowest BCUT2D eigenvalue weighted by Gasteiger charge is -2.28. The molecule has 2 rings (SSSR count). The largest absolute Gasteiger partial charge is 0.390 e. The molecule has 112 valence electrons. The van der Waals surface area contributed by atoms with Crippen molar-refractivity contribution in [2.45, 2.75) is 6.10 Å². The van der Waals surface area contributed by atoms with Crippen LogP contribution in [-0.4, -0.2) is 55.5 Å².